The fourth-order valence-electron chi connectivity index (χ4n) is 2.40. The fourth-order valence-corrected chi connectivity index (χ4v) is 4.06. The van der Waals surface area contributed by atoms with Crippen LogP contribution in [0.15, 0.2) is 16.0 Å². The van der Waals surface area contributed by atoms with Gasteiger partial charge in [-0.25, -0.2) is 0 Å². The summed E-state index contributed by atoms with van der Waals surface area (Å²) in [5, 5.41) is 15.4. The van der Waals surface area contributed by atoms with Crippen molar-refractivity contribution in [2.75, 3.05) is 17.6 Å². The highest BCUT2D eigenvalue weighted by molar-refractivity contribution is 8.01. The number of rotatable bonds is 8. The second kappa shape index (κ2) is 7.97. The first-order chi connectivity index (χ1) is 10.8. The fraction of sp³-hybridized carbons (Fsp3) is 0.667. The van der Waals surface area contributed by atoms with Gasteiger partial charge >= 0.3 is 0 Å². The second-order valence-corrected chi connectivity index (χ2v) is 7.99. The summed E-state index contributed by atoms with van der Waals surface area (Å²) in [7, 11) is 0. The summed E-state index contributed by atoms with van der Waals surface area (Å²) in [6.45, 7) is 0.746. The summed E-state index contributed by atoms with van der Waals surface area (Å²) in [4.78, 5) is 11.8. The molecule has 1 amide bonds. The van der Waals surface area contributed by atoms with Gasteiger partial charge in [-0.1, -0.05) is 34.7 Å². The summed E-state index contributed by atoms with van der Waals surface area (Å²) in [6, 6.07) is 0.586. The number of carbonyl (C=O) groups is 1. The van der Waals surface area contributed by atoms with E-state index >= 15 is 0 Å². The van der Waals surface area contributed by atoms with Gasteiger partial charge < -0.3 is 10.6 Å². The summed E-state index contributed by atoms with van der Waals surface area (Å²) in [5.41, 5.74) is 1.50. The first kappa shape index (κ1) is 15.8. The minimum Gasteiger partial charge on any atom is -0.357 e. The molecule has 1 aromatic rings. The maximum Gasteiger partial charge on any atom is 0.230 e. The Morgan fingerprint density at radius 1 is 1.36 bits per heavy atom. The third-order valence-electron chi connectivity index (χ3n) is 3.79. The molecule has 7 heteroatoms. The molecule has 2 N–H and O–H groups in total. The van der Waals surface area contributed by atoms with Crippen LogP contribution in [0.25, 0.3) is 0 Å². The standard InChI is InChI=1S/C15H22N4OS2/c20-13(16-9-8-11-4-2-1-3-5-11)10-21-15-19-18-14(22-15)17-12-6-7-12/h4,12H,1-3,5-10H2,(H,16,20)(H,17,18). The van der Waals surface area contributed by atoms with Gasteiger partial charge in [0.2, 0.25) is 11.0 Å². The van der Waals surface area contributed by atoms with Crippen molar-refractivity contribution in [3.8, 4) is 0 Å². The highest BCUT2D eigenvalue weighted by Gasteiger charge is 2.22. The Kier molecular flexibility index (Phi) is 5.72. The van der Waals surface area contributed by atoms with E-state index in [2.05, 4.69) is 26.9 Å². The first-order valence-electron chi connectivity index (χ1n) is 7.97. The molecule has 2 aliphatic carbocycles. The summed E-state index contributed by atoms with van der Waals surface area (Å²) < 4.78 is 0.855. The molecule has 1 heterocycles. The van der Waals surface area contributed by atoms with Crippen LogP contribution in [0.5, 0.6) is 0 Å². The monoisotopic (exact) mass is 338 g/mol. The molecule has 2 aliphatic rings. The minimum absolute atomic E-state index is 0.0771. The molecule has 0 atom stereocenters. The van der Waals surface area contributed by atoms with Crippen molar-refractivity contribution in [2.24, 2.45) is 0 Å². The number of allylic oxidation sites excluding steroid dienone is 1. The number of nitrogens with zero attached hydrogens (tertiary/aromatic N) is 2. The summed E-state index contributed by atoms with van der Waals surface area (Å²) in [6.07, 6.45) is 10.8. The molecule has 3 rings (SSSR count). The van der Waals surface area contributed by atoms with Crippen molar-refractivity contribution in [1.82, 2.24) is 15.5 Å². The van der Waals surface area contributed by atoms with Crippen LogP contribution in [0.4, 0.5) is 5.13 Å². The lowest BCUT2D eigenvalue weighted by Gasteiger charge is -2.12. The Balaban J connectivity index is 1.31. The Morgan fingerprint density at radius 3 is 3.05 bits per heavy atom. The van der Waals surface area contributed by atoms with E-state index in [9.17, 15) is 4.79 Å². The van der Waals surface area contributed by atoms with Gasteiger partial charge in [-0.2, -0.15) is 0 Å². The number of anilines is 1. The third kappa shape index (κ3) is 5.28. The van der Waals surface area contributed by atoms with Gasteiger partial charge in [0.05, 0.1) is 5.75 Å². The Labute approximate surface area is 139 Å². The largest absolute Gasteiger partial charge is 0.357 e. The first-order valence-corrected chi connectivity index (χ1v) is 9.77. The smallest absolute Gasteiger partial charge is 0.230 e. The molecular formula is C15H22N4OS2. The summed E-state index contributed by atoms with van der Waals surface area (Å²) >= 11 is 2.99. The Bertz CT molecular complexity index is 539. The van der Waals surface area contributed by atoms with E-state index in [1.807, 2.05) is 0 Å². The average molecular weight is 339 g/mol. The normalized spacial score (nSPS) is 17.9. The van der Waals surface area contributed by atoms with Crippen molar-refractivity contribution < 1.29 is 4.79 Å². The molecule has 0 radical (unpaired) electrons. The number of hydrogen-bond donors (Lipinski definition) is 2. The molecule has 0 saturated heterocycles. The second-order valence-electron chi connectivity index (χ2n) is 5.79. The van der Waals surface area contributed by atoms with E-state index in [0.29, 0.717) is 11.8 Å². The number of nitrogens with one attached hydrogen (secondary N) is 2. The predicted octanol–water partition coefficient (Wildman–Crippen LogP) is 3.21. The molecule has 1 saturated carbocycles. The molecule has 0 aliphatic heterocycles. The van der Waals surface area contributed by atoms with Crippen molar-refractivity contribution in [1.29, 1.82) is 0 Å². The van der Waals surface area contributed by atoms with Crippen molar-refractivity contribution in [3.63, 3.8) is 0 Å². The minimum atomic E-state index is 0.0771. The van der Waals surface area contributed by atoms with Gasteiger partial charge in [-0.3, -0.25) is 4.79 Å². The van der Waals surface area contributed by atoms with Gasteiger partial charge in [-0.05, 0) is 44.9 Å². The van der Waals surface area contributed by atoms with Crippen LogP contribution >= 0.6 is 23.1 Å². The molecule has 0 bridgehead atoms. The maximum absolute atomic E-state index is 11.8. The van der Waals surface area contributed by atoms with E-state index in [4.69, 9.17) is 0 Å². The van der Waals surface area contributed by atoms with Crippen LogP contribution in [-0.4, -0.2) is 34.4 Å². The molecule has 22 heavy (non-hydrogen) atoms. The topological polar surface area (TPSA) is 66.9 Å². The van der Waals surface area contributed by atoms with E-state index in [0.717, 1.165) is 22.4 Å². The lowest BCUT2D eigenvalue weighted by molar-refractivity contribution is -0.118. The van der Waals surface area contributed by atoms with E-state index < -0.39 is 0 Å². The van der Waals surface area contributed by atoms with Crippen LogP contribution in [0.3, 0.4) is 0 Å². The maximum atomic E-state index is 11.8. The van der Waals surface area contributed by atoms with Crippen molar-refractivity contribution in [3.05, 3.63) is 11.6 Å². The molecular weight excluding hydrogens is 316 g/mol. The highest BCUT2D eigenvalue weighted by atomic mass is 32.2. The van der Waals surface area contributed by atoms with Gasteiger partial charge in [0, 0.05) is 12.6 Å². The van der Waals surface area contributed by atoms with Gasteiger partial charge in [-0.15, -0.1) is 10.2 Å². The quantitative estimate of drug-likeness (QED) is 0.563. The predicted molar refractivity (Wildman–Crippen MR) is 91.5 cm³/mol. The van der Waals surface area contributed by atoms with Crippen molar-refractivity contribution in [2.45, 2.75) is 55.3 Å². The molecule has 0 unspecified atom stereocenters. The molecule has 120 valence electrons. The zero-order chi connectivity index (χ0) is 15.2. The van der Waals surface area contributed by atoms with Crippen molar-refractivity contribution >= 4 is 34.1 Å². The SMILES string of the molecule is O=C(CSc1nnc(NC2CC2)s1)NCCC1=CCCCC1. The zero-order valence-electron chi connectivity index (χ0n) is 12.6. The molecule has 0 aromatic carbocycles. The number of aromatic nitrogens is 2. The van der Waals surface area contributed by atoms with Crippen LogP contribution in [0.1, 0.15) is 44.9 Å². The molecule has 0 spiro atoms. The lowest BCUT2D eigenvalue weighted by atomic mass is 9.97. The lowest BCUT2D eigenvalue weighted by Crippen LogP contribution is -2.26. The highest BCUT2D eigenvalue weighted by Crippen LogP contribution is 2.30. The van der Waals surface area contributed by atoms with Crippen LogP contribution in [0.2, 0.25) is 0 Å². The van der Waals surface area contributed by atoms with E-state index in [1.54, 1.807) is 0 Å². The van der Waals surface area contributed by atoms with E-state index in [-0.39, 0.29) is 5.91 Å². The molecule has 1 fully saturated rings. The molecule has 5 nitrogen and oxygen atoms in total. The van der Waals surface area contributed by atoms with Gasteiger partial charge in [0.25, 0.3) is 0 Å². The van der Waals surface area contributed by atoms with Gasteiger partial charge in [0.15, 0.2) is 4.34 Å². The average Bonchev–Trinajstić information content (AvgIpc) is 3.23. The summed E-state index contributed by atoms with van der Waals surface area (Å²) in [5.74, 6) is 0.491. The van der Waals surface area contributed by atoms with E-state index in [1.165, 1.54) is 67.2 Å². The zero-order valence-corrected chi connectivity index (χ0v) is 14.3. The Hall–Kier alpha value is -1.08. The Morgan fingerprint density at radius 2 is 2.27 bits per heavy atom. The number of hydrogen-bond acceptors (Lipinski definition) is 6. The van der Waals surface area contributed by atoms with Crippen LogP contribution < -0.4 is 10.6 Å². The third-order valence-corrected chi connectivity index (χ3v) is 5.78. The number of carbonyl (C=O) groups excluding carboxylic acids is 1. The number of thioether (sulfide) groups is 1. The molecule has 1 aromatic heterocycles. The van der Waals surface area contributed by atoms with Crippen LogP contribution in [-0.2, 0) is 4.79 Å². The van der Waals surface area contributed by atoms with Gasteiger partial charge in [0.1, 0.15) is 0 Å². The number of amides is 1. The van der Waals surface area contributed by atoms with Crippen LogP contribution in [0, 0.1) is 0 Å².